The number of aryl methyl sites for hydroxylation is 2. The lowest BCUT2D eigenvalue weighted by atomic mass is 9.89. The van der Waals surface area contributed by atoms with Crippen molar-refractivity contribution in [1.82, 2.24) is 0 Å². The van der Waals surface area contributed by atoms with Gasteiger partial charge in [0.1, 0.15) is 11.5 Å². The van der Waals surface area contributed by atoms with E-state index in [0.29, 0.717) is 11.1 Å². The van der Waals surface area contributed by atoms with Crippen LogP contribution in [0.15, 0.2) is 60.7 Å². The van der Waals surface area contributed by atoms with Gasteiger partial charge in [-0.1, -0.05) is 60.7 Å². The smallest absolute Gasteiger partial charge is 0.131 e. The number of phenols is 2. The van der Waals surface area contributed by atoms with Crippen molar-refractivity contribution in [2.24, 2.45) is 0 Å². The zero-order chi connectivity index (χ0) is 16.8. The molecule has 0 atom stereocenters. The van der Waals surface area contributed by atoms with Crippen molar-refractivity contribution < 1.29 is 10.2 Å². The molecule has 0 aromatic heterocycles. The molecule has 2 heteroatoms. The largest absolute Gasteiger partial charge is 0.507 e. The van der Waals surface area contributed by atoms with Crippen LogP contribution in [0.1, 0.15) is 11.1 Å². The number of rotatable bonds is 1. The molecule has 0 radical (unpaired) electrons. The fourth-order valence-corrected chi connectivity index (χ4v) is 3.56. The summed E-state index contributed by atoms with van der Waals surface area (Å²) in [7, 11) is 0. The van der Waals surface area contributed by atoms with Crippen molar-refractivity contribution in [3.05, 3.63) is 71.8 Å². The Kier molecular flexibility index (Phi) is 3.20. The standard InChI is InChI=1S/C22H18O2/c1-13-11-15-7-3-5-9-17(15)21(23)19(13)20-14(2)12-16-8-4-6-10-18(16)22(20)24/h3-12,23-24H,1-2H3. The van der Waals surface area contributed by atoms with E-state index < -0.39 is 0 Å². The molecule has 0 saturated carbocycles. The first kappa shape index (κ1) is 14.6. The van der Waals surface area contributed by atoms with Crippen molar-refractivity contribution in [3.8, 4) is 22.6 Å². The summed E-state index contributed by atoms with van der Waals surface area (Å²) in [6, 6.07) is 19.6. The van der Waals surface area contributed by atoms with E-state index in [-0.39, 0.29) is 11.5 Å². The summed E-state index contributed by atoms with van der Waals surface area (Å²) in [5.41, 5.74) is 3.30. The molecule has 0 aliphatic carbocycles. The van der Waals surface area contributed by atoms with Crippen LogP contribution in [0, 0.1) is 13.8 Å². The molecule has 0 saturated heterocycles. The first-order chi connectivity index (χ1) is 11.6. The van der Waals surface area contributed by atoms with Crippen molar-refractivity contribution >= 4 is 21.5 Å². The van der Waals surface area contributed by atoms with Crippen LogP contribution in [-0.4, -0.2) is 10.2 Å². The summed E-state index contributed by atoms with van der Waals surface area (Å²) < 4.78 is 0. The lowest BCUT2D eigenvalue weighted by molar-refractivity contribution is 0.475. The van der Waals surface area contributed by atoms with E-state index in [0.717, 1.165) is 32.7 Å². The second-order valence-corrected chi connectivity index (χ2v) is 6.28. The minimum absolute atomic E-state index is 0.222. The molecular formula is C22H18O2. The summed E-state index contributed by atoms with van der Waals surface area (Å²) in [5, 5.41) is 25.4. The lowest BCUT2D eigenvalue weighted by Gasteiger charge is -2.17. The molecule has 0 aliphatic rings. The predicted molar refractivity (Wildman–Crippen MR) is 99.7 cm³/mol. The zero-order valence-corrected chi connectivity index (χ0v) is 13.7. The van der Waals surface area contributed by atoms with Crippen LogP contribution in [0.4, 0.5) is 0 Å². The summed E-state index contributed by atoms with van der Waals surface area (Å²) in [4.78, 5) is 0. The zero-order valence-electron chi connectivity index (χ0n) is 13.7. The van der Waals surface area contributed by atoms with Crippen LogP contribution < -0.4 is 0 Å². The Morgan fingerprint density at radius 1 is 0.583 bits per heavy atom. The predicted octanol–water partition coefficient (Wildman–Crippen LogP) is 5.69. The second-order valence-electron chi connectivity index (χ2n) is 6.28. The third-order valence-corrected chi connectivity index (χ3v) is 4.69. The van der Waals surface area contributed by atoms with E-state index >= 15 is 0 Å². The van der Waals surface area contributed by atoms with Crippen LogP contribution in [0.3, 0.4) is 0 Å². The van der Waals surface area contributed by atoms with E-state index in [2.05, 4.69) is 12.1 Å². The summed E-state index contributed by atoms with van der Waals surface area (Å²) in [6.07, 6.45) is 0. The summed E-state index contributed by atoms with van der Waals surface area (Å²) in [5.74, 6) is 0.443. The van der Waals surface area contributed by atoms with Gasteiger partial charge in [0, 0.05) is 21.9 Å². The Morgan fingerprint density at radius 3 is 1.38 bits per heavy atom. The van der Waals surface area contributed by atoms with Crippen molar-refractivity contribution in [3.63, 3.8) is 0 Å². The molecule has 2 N–H and O–H groups in total. The Morgan fingerprint density at radius 2 is 0.958 bits per heavy atom. The number of fused-ring (bicyclic) bond motifs is 2. The molecule has 0 heterocycles. The number of hydrogen-bond donors (Lipinski definition) is 2. The minimum Gasteiger partial charge on any atom is -0.507 e. The van der Waals surface area contributed by atoms with E-state index in [4.69, 9.17) is 0 Å². The average molecular weight is 314 g/mol. The van der Waals surface area contributed by atoms with Gasteiger partial charge in [0.2, 0.25) is 0 Å². The summed E-state index contributed by atoms with van der Waals surface area (Å²) >= 11 is 0. The summed E-state index contributed by atoms with van der Waals surface area (Å²) in [6.45, 7) is 3.94. The topological polar surface area (TPSA) is 40.5 Å². The quantitative estimate of drug-likeness (QED) is 0.474. The van der Waals surface area contributed by atoms with Gasteiger partial charge in [-0.15, -0.1) is 0 Å². The van der Waals surface area contributed by atoms with E-state index in [1.54, 1.807) is 0 Å². The van der Waals surface area contributed by atoms with Crippen LogP contribution in [-0.2, 0) is 0 Å². The van der Waals surface area contributed by atoms with Crippen LogP contribution in [0.2, 0.25) is 0 Å². The molecule has 0 unspecified atom stereocenters. The minimum atomic E-state index is 0.222. The van der Waals surface area contributed by atoms with Gasteiger partial charge < -0.3 is 10.2 Å². The third kappa shape index (κ3) is 2.04. The molecule has 0 bridgehead atoms. The fraction of sp³-hybridized carbons (Fsp3) is 0.0909. The Hall–Kier alpha value is -3.00. The Labute approximate surface area is 140 Å². The van der Waals surface area contributed by atoms with Crippen LogP contribution >= 0.6 is 0 Å². The molecular weight excluding hydrogens is 296 g/mol. The van der Waals surface area contributed by atoms with Gasteiger partial charge in [0.25, 0.3) is 0 Å². The number of benzene rings is 4. The number of aromatic hydroxyl groups is 2. The van der Waals surface area contributed by atoms with Crippen LogP contribution in [0.5, 0.6) is 11.5 Å². The van der Waals surface area contributed by atoms with Gasteiger partial charge >= 0.3 is 0 Å². The average Bonchev–Trinajstić information content (AvgIpc) is 2.57. The molecule has 4 aromatic rings. The Balaban J connectivity index is 2.14. The van der Waals surface area contributed by atoms with Crippen molar-refractivity contribution in [1.29, 1.82) is 0 Å². The third-order valence-electron chi connectivity index (χ3n) is 4.69. The SMILES string of the molecule is Cc1cc2ccccc2c(O)c1-c1c(C)cc2ccccc2c1O. The van der Waals surface area contributed by atoms with Crippen molar-refractivity contribution in [2.45, 2.75) is 13.8 Å². The molecule has 4 aromatic carbocycles. The first-order valence-electron chi connectivity index (χ1n) is 8.01. The highest BCUT2D eigenvalue weighted by Crippen LogP contribution is 2.46. The van der Waals surface area contributed by atoms with Gasteiger partial charge in [-0.05, 0) is 35.7 Å². The molecule has 2 nitrogen and oxygen atoms in total. The van der Waals surface area contributed by atoms with Gasteiger partial charge in [-0.2, -0.15) is 0 Å². The molecule has 118 valence electrons. The molecule has 0 aliphatic heterocycles. The number of hydrogen-bond acceptors (Lipinski definition) is 2. The van der Waals surface area contributed by atoms with E-state index in [1.807, 2.05) is 62.4 Å². The van der Waals surface area contributed by atoms with Gasteiger partial charge in [0.05, 0.1) is 0 Å². The highest BCUT2D eigenvalue weighted by molar-refractivity contribution is 6.02. The number of phenolic OH excluding ortho intramolecular Hbond substituents is 2. The highest BCUT2D eigenvalue weighted by Gasteiger charge is 2.19. The maximum Gasteiger partial charge on any atom is 0.131 e. The van der Waals surface area contributed by atoms with Gasteiger partial charge in [0.15, 0.2) is 0 Å². The molecule has 4 rings (SSSR count). The maximum absolute atomic E-state index is 10.9. The molecule has 0 amide bonds. The maximum atomic E-state index is 10.9. The molecule has 0 spiro atoms. The Bertz CT molecular complexity index is 1000. The van der Waals surface area contributed by atoms with Crippen molar-refractivity contribution in [2.75, 3.05) is 0 Å². The second kappa shape index (κ2) is 5.27. The van der Waals surface area contributed by atoms with E-state index in [9.17, 15) is 10.2 Å². The fourth-order valence-electron chi connectivity index (χ4n) is 3.56. The molecule has 0 fully saturated rings. The van der Waals surface area contributed by atoms with Gasteiger partial charge in [-0.25, -0.2) is 0 Å². The highest BCUT2D eigenvalue weighted by atomic mass is 16.3. The lowest BCUT2D eigenvalue weighted by Crippen LogP contribution is -1.92. The van der Waals surface area contributed by atoms with Crippen LogP contribution in [0.25, 0.3) is 32.7 Å². The monoisotopic (exact) mass is 314 g/mol. The normalized spacial score (nSPS) is 11.2. The van der Waals surface area contributed by atoms with E-state index in [1.165, 1.54) is 0 Å². The first-order valence-corrected chi connectivity index (χ1v) is 8.01. The molecule has 24 heavy (non-hydrogen) atoms. The van der Waals surface area contributed by atoms with Gasteiger partial charge in [-0.3, -0.25) is 0 Å².